The minimum atomic E-state index is -0.165. The summed E-state index contributed by atoms with van der Waals surface area (Å²) in [6.07, 6.45) is 0.960. The largest absolute Gasteiger partial charge is 0.468 e. The lowest BCUT2D eigenvalue weighted by atomic mass is 10.5. The Labute approximate surface area is 77.5 Å². The zero-order chi connectivity index (χ0) is 7.82. The predicted molar refractivity (Wildman–Crippen MR) is 50.3 cm³/mol. The van der Waals surface area contributed by atoms with Crippen molar-refractivity contribution in [2.45, 2.75) is 6.42 Å². The van der Waals surface area contributed by atoms with E-state index in [1.54, 1.807) is 11.8 Å². The molecule has 0 heterocycles. The van der Waals surface area contributed by atoms with Crippen molar-refractivity contribution in [3.05, 3.63) is 0 Å². The molecular weight excluding hydrogens is 186 g/mol. The Balaban J connectivity index is 0. The fourth-order valence-corrected chi connectivity index (χ4v) is 1.20. The second kappa shape index (κ2) is 10.1. The average molecular weight is 200 g/mol. The molecule has 0 bridgehead atoms. The number of rotatable bonds is 5. The first-order chi connectivity index (χ1) is 4.81. The van der Waals surface area contributed by atoms with Gasteiger partial charge >= 0.3 is 5.97 Å². The van der Waals surface area contributed by atoms with E-state index in [4.69, 9.17) is 5.73 Å². The lowest BCUT2D eigenvalue weighted by Gasteiger charge is -1.97. The van der Waals surface area contributed by atoms with Gasteiger partial charge in [-0.15, -0.1) is 12.4 Å². The van der Waals surface area contributed by atoms with Crippen molar-refractivity contribution < 1.29 is 9.53 Å². The van der Waals surface area contributed by atoms with Gasteiger partial charge in [0.05, 0.1) is 12.9 Å². The van der Waals surface area contributed by atoms with Gasteiger partial charge < -0.3 is 10.5 Å². The lowest BCUT2D eigenvalue weighted by Crippen LogP contribution is -2.05. The molecule has 0 aromatic carbocycles. The van der Waals surface area contributed by atoms with Crippen molar-refractivity contribution in [1.82, 2.24) is 0 Å². The van der Waals surface area contributed by atoms with Crippen LogP contribution in [0.4, 0.5) is 0 Å². The van der Waals surface area contributed by atoms with Crippen molar-refractivity contribution in [2.75, 3.05) is 25.2 Å². The third kappa shape index (κ3) is 10.1. The number of ether oxygens (including phenoxy) is 1. The van der Waals surface area contributed by atoms with Crippen LogP contribution in [-0.2, 0) is 9.53 Å². The molecule has 0 saturated carbocycles. The molecule has 0 fully saturated rings. The zero-order valence-electron chi connectivity index (χ0n) is 6.54. The van der Waals surface area contributed by atoms with E-state index in [0.29, 0.717) is 12.3 Å². The van der Waals surface area contributed by atoms with Crippen LogP contribution in [0.3, 0.4) is 0 Å². The number of halogens is 1. The number of methoxy groups -OCH3 is 1. The summed E-state index contributed by atoms with van der Waals surface area (Å²) in [4.78, 5) is 10.5. The molecule has 0 aliphatic heterocycles. The minimum Gasteiger partial charge on any atom is -0.468 e. The number of carbonyl (C=O) groups is 1. The Hall–Kier alpha value is 0.0700. The molecule has 0 rings (SSSR count). The Bertz CT molecular complexity index is 103. The molecule has 0 aromatic heterocycles. The molecule has 5 heteroatoms. The number of thioether (sulfide) groups is 1. The fraction of sp³-hybridized carbons (Fsp3) is 0.833. The van der Waals surface area contributed by atoms with Crippen molar-refractivity contribution in [3.8, 4) is 0 Å². The number of hydrogen-bond acceptors (Lipinski definition) is 4. The third-order valence-corrected chi connectivity index (χ3v) is 1.96. The van der Waals surface area contributed by atoms with Gasteiger partial charge in [-0.05, 0) is 18.7 Å². The molecule has 0 saturated heterocycles. The summed E-state index contributed by atoms with van der Waals surface area (Å²) in [6, 6.07) is 0. The Morgan fingerprint density at radius 1 is 1.64 bits per heavy atom. The molecule has 0 aromatic rings. The number of nitrogens with two attached hydrogens (primary N) is 1. The predicted octanol–water partition coefficient (Wildman–Crippen LogP) is 0.663. The second-order valence-corrected chi connectivity index (χ2v) is 2.88. The van der Waals surface area contributed by atoms with Gasteiger partial charge in [0.25, 0.3) is 0 Å². The monoisotopic (exact) mass is 199 g/mol. The standard InChI is InChI=1S/C6H13NO2S.ClH/c1-9-6(8)5-10-4-2-3-7;/h2-5,7H2,1H3;1H. The lowest BCUT2D eigenvalue weighted by molar-refractivity contribution is -0.137. The van der Waals surface area contributed by atoms with E-state index < -0.39 is 0 Å². The van der Waals surface area contributed by atoms with Gasteiger partial charge in [-0.3, -0.25) is 4.79 Å². The summed E-state index contributed by atoms with van der Waals surface area (Å²) in [7, 11) is 1.39. The fourth-order valence-electron chi connectivity index (χ4n) is 0.400. The van der Waals surface area contributed by atoms with Crippen LogP contribution >= 0.6 is 24.2 Å². The minimum absolute atomic E-state index is 0. The van der Waals surface area contributed by atoms with Crippen LogP contribution in [0.15, 0.2) is 0 Å². The van der Waals surface area contributed by atoms with E-state index in [-0.39, 0.29) is 18.4 Å². The molecule has 0 amide bonds. The van der Waals surface area contributed by atoms with Gasteiger partial charge in [-0.25, -0.2) is 0 Å². The molecule has 11 heavy (non-hydrogen) atoms. The second-order valence-electron chi connectivity index (χ2n) is 1.77. The van der Waals surface area contributed by atoms with Gasteiger partial charge in [0.2, 0.25) is 0 Å². The Morgan fingerprint density at radius 2 is 2.27 bits per heavy atom. The number of esters is 1. The summed E-state index contributed by atoms with van der Waals surface area (Å²) in [6.45, 7) is 0.689. The van der Waals surface area contributed by atoms with E-state index in [0.717, 1.165) is 12.2 Å². The van der Waals surface area contributed by atoms with Crippen molar-refractivity contribution in [2.24, 2.45) is 5.73 Å². The third-order valence-electron chi connectivity index (χ3n) is 0.940. The SMILES string of the molecule is COC(=O)CSCCCN.Cl. The first-order valence-electron chi connectivity index (χ1n) is 3.16. The molecule has 0 aliphatic rings. The van der Waals surface area contributed by atoms with Crippen molar-refractivity contribution >= 4 is 30.1 Å². The first kappa shape index (κ1) is 13.6. The summed E-state index contributed by atoms with van der Waals surface area (Å²) >= 11 is 1.56. The van der Waals surface area contributed by atoms with Crippen LogP contribution in [0.25, 0.3) is 0 Å². The molecule has 0 atom stereocenters. The highest BCUT2D eigenvalue weighted by Crippen LogP contribution is 2.01. The molecule has 0 aliphatic carbocycles. The molecule has 68 valence electrons. The Kier molecular flexibility index (Phi) is 12.5. The highest BCUT2D eigenvalue weighted by molar-refractivity contribution is 7.99. The summed E-state index contributed by atoms with van der Waals surface area (Å²) in [5, 5.41) is 0. The highest BCUT2D eigenvalue weighted by atomic mass is 35.5. The summed E-state index contributed by atoms with van der Waals surface area (Å²) in [5.74, 6) is 1.21. The molecule has 2 N–H and O–H groups in total. The molecule has 0 unspecified atom stereocenters. The van der Waals surface area contributed by atoms with E-state index in [9.17, 15) is 4.79 Å². The zero-order valence-corrected chi connectivity index (χ0v) is 8.17. The van der Waals surface area contributed by atoms with Crippen LogP contribution in [0, 0.1) is 0 Å². The van der Waals surface area contributed by atoms with E-state index in [1.165, 1.54) is 7.11 Å². The molecule has 3 nitrogen and oxygen atoms in total. The summed E-state index contributed by atoms with van der Waals surface area (Å²) in [5.41, 5.74) is 5.25. The van der Waals surface area contributed by atoms with Gasteiger partial charge in [0.15, 0.2) is 0 Å². The van der Waals surface area contributed by atoms with Gasteiger partial charge in [-0.2, -0.15) is 11.8 Å². The molecular formula is C6H14ClNO2S. The van der Waals surface area contributed by atoms with E-state index >= 15 is 0 Å². The average Bonchev–Trinajstić information content (AvgIpc) is 1.98. The quantitative estimate of drug-likeness (QED) is 0.522. The first-order valence-corrected chi connectivity index (χ1v) is 4.31. The van der Waals surface area contributed by atoms with E-state index in [2.05, 4.69) is 4.74 Å². The van der Waals surface area contributed by atoms with Crippen LogP contribution in [0.1, 0.15) is 6.42 Å². The van der Waals surface area contributed by atoms with Crippen LogP contribution in [0.2, 0.25) is 0 Å². The maximum atomic E-state index is 10.5. The van der Waals surface area contributed by atoms with Gasteiger partial charge in [-0.1, -0.05) is 0 Å². The molecule has 0 spiro atoms. The maximum absolute atomic E-state index is 10.5. The number of hydrogen-bond donors (Lipinski definition) is 1. The number of carbonyl (C=O) groups excluding carboxylic acids is 1. The maximum Gasteiger partial charge on any atom is 0.315 e. The highest BCUT2D eigenvalue weighted by Gasteiger charge is 1.97. The normalized spacial score (nSPS) is 8.55. The van der Waals surface area contributed by atoms with E-state index in [1.807, 2.05) is 0 Å². The van der Waals surface area contributed by atoms with Crippen LogP contribution in [-0.4, -0.2) is 31.1 Å². The topological polar surface area (TPSA) is 52.3 Å². The van der Waals surface area contributed by atoms with Crippen LogP contribution in [0.5, 0.6) is 0 Å². The summed E-state index contributed by atoms with van der Waals surface area (Å²) < 4.78 is 4.44. The van der Waals surface area contributed by atoms with Gasteiger partial charge in [0, 0.05) is 0 Å². The smallest absolute Gasteiger partial charge is 0.315 e. The molecule has 0 radical (unpaired) electrons. The Morgan fingerprint density at radius 3 is 2.73 bits per heavy atom. The van der Waals surface area contributed by atoms with Crippen molar-refractivity contribution in [1.29, 1.82) is 0 Å². The van der Waals surface area contributed by atoms with Gasteiger partial charge in [0.1, 0.15) is 0 Å². The van der Waals surface area contributed by atoms with Crippen LogP contribution < -0.4 is 5.73 Å². The van der Waals surface area contributed by atoms with Crippen molar-refractivity contribution in [3.63, 3.8) is 0 Å².